The number of carbonyl (C=O) groups excluding carboxylic acids is 5. The Balaban J connectivity index is 1.41. The third-order valence-electron chi connectivity index (χ3n) is 9.40. The summed E-state index contributed by atoms with van der Waals surface area (Å²) < 4.78 is 39.4. The number of allylic oxidation sites excluding steroid dienone is 1. The number of hydrogen-bond donors (Lipinski definition) is 3. The molecule has 3 heterocycles. The fourth-order valence-electron chi connectivity index (χ4n) is 6.59. The molecule has 50 heavy (non-hydrogen) atoms. The fourth-order valence-corrected chi connectivity index (χ4v) is 7.19. The van der Waals surface area contributed by atoms with E-state index in [4.69, 9.17) is 9.47 Å². The average molecular weight is 717 g/mol. The average Bonchev–Trinajstić information content (AvgIpc) is 3.33. The second-order valence-corrected chi connectivity index (χ2v) is 16.5. The molecule has 0 radical (unpaired) electrons. The molecule has 15 nitrogen and oxygen atoms in total. The Morgan fingerprint density at radius 1 is 1.04 bits per heavy atom. The Kier molecular flexibility index (Phi) is 10.8. The van der Waals surface area contributed by atoms with Gasteiger partial charge in [-0.25, -0.2) is 14.3 Å². The van der Waals surface area contributed by atoms with Gasteiger partial charge in [-0.15, -0.1) is 0 Å². The molecule has 5 atom stereocenters. The summed E-state index contributed by atoms with van der Waals surface area (Å²) in [6.07, 6.45) is 4.58. The van der Waals surface area contributed by atoms with E-state index in [9.17, 15) is 32.4 Å². The summed E-state index contributed by atoms with van der Waals surface area (Å²) in [5, 5.41) is 5.46. The number of hydrogen-bond acceptors (Lipinski definition) is 9. The lowest BCUT2D eigenvalue weighted by atomic mass is 10.0. The van der Waals surface area contributed by atoms with Gasteiger partial charge in [0, 0.05) is 39.5 Å². The van der Waals surface area contributed by atoms with Crippen molar-refractivity contribution in [2.75, 3.05) is 20.6 Å². The highest BCUT2D eigenvalue weighted by atomic mass is 32.2. The van der Waals surface area contributed by atoms with Gasteiger partial charge in [0.25, 0.3) is 5.91 Å². The zero-order valence-corrected chi connectivity index (χ0v) is 30.1. The summed E-state index contributed by atoms with van der Waals surface area (Å²) in [6.45, 7) is 5.71. The van der Waals surface area contributed by atoms with Crippen LogP contribution < -0.4 is 15.4 Å². The van der Waals surface area contributed by atoms with Crippen molar-refractivity contribution >= 4 is 40.1 Å². The van der Waals surface area contributed by atoms with E-state index in [1.165, 1.54) is 19.0 Å². The van der Waals surface area contributed by atoms with E-state index in [0.29, 0.717) is 25.9 Å². The summed E-state index contributed by atoms with van der Waals surface area (Å²) >= 11 is 0. The molecule has 3 N–H and O–H groups in total. The molecule has 274 valence electrons. The van der Waals surface area contributed by atoms with E-state index >= 15 is 0 Å². The maximum Gasteiger partial charge on any atom is 0.410 e. The van der Waals surface area contributed by atoms with Gasteiger partial charge in [-0.1, -0.05) is 49.3 Å². The van der Waals surface area contributed by atoms with Crippen LogP contribution in [0.25, 0.3) is 0 Å². The Morgan fingerprint density at radius 3 is 2.36 bits per heavy atom. The number of fused-ring (bicyclic) bond motifs is 3. The van der Waals surface area contributed by atoms with Crippen molar-refractivity contribution in [1.29, 1.82) is 0 Å². The highest BCUT2D eigenvalue weighted by Crippen LogP contribution is 2.45. The molecule has 1 saturated carbocycles. The molecule has 1 aromatic rings. The lowest BCUT2D eigenvalue weighted by molar-refractivity contribution is -0.141. The van der Waals surface area contributed by atoms with Gasteiger partial charge in [0.2, 0.25) is 11.8 Å². The second kappa shape index (κ2) is 14.6. The smallest absolute Gasteiger partial charge is 0.410 e. The van der Waals surface area contributed by atoms with Crippen LogP contribution in [0.4, 0.5) is 9.59 Å². The molecule has 2 fully saturated rings. The van der Waals surface area contributed by atoms with Crippen molar-refractivity contribution in [3.63, 3.8) is 0 Å². The molecule has 1 saturated heterocycles. The van der Waals surface area contributed by atoms with Crippen molar-refractivity contribution in [1.82, 2.24) is 29.5 Å². The summed E-state index contributed by atoms with van der Waals surface area (Å²) in [5.74, 6) is -2.64. The Morgan fingerprint density at radius 2 is 1.72 bits per heavy atom. The number of benzene rings is 1. The first-order valence-electron chi connectivity index (χ1n) is 17.0. The first-order chi connectivity index (χ1) is 23.5. The number of nitrogens with one attached hydrogen (secondary N) is 3. The van der Waals surface area contributed by atoms with Crippen molar-refractivity contribution in [3.05, 3.63) is 47.5 Å². The molecule has 1 aliphatic carbocycles. The van der Waals surface area contributed by atoms with Gasteiger partial charge in [-0.3, -0.25) is 19.3 Å². The monoisotopic (exact) mass is 716 g/mol. The second-order valence-electron chi connectivity index (χ2n) is 14.6. The van der Waals surface area contributed by atoms with Crippen LogP contribution in [0.2, 0.25) is 0 Å². The van der Waals surface area contributed by atoms with E-state index in [0.717, 1.165) is 28.3 Å². The SMILES string of the molecule is CN(C)S(=O)(=O)NC(=O)[C@@]12C[C@H]1C=CCCCCC[C@@H](NC(=O)OC(C)(C)C)C(=O)N1C[C@H](OC(=O)N3Cc4ccccc4C3)C[C@H]1C(=O)N2. The molecular formula is C34H48N6O9S. The Labute approximate surface area is 293 Å². The molecule has 4 aliphatic rings. The molecule has 0 aromatic heterocycles. The Hall–Kier alpha value is -4.18. The minimum Gasteiger partial charge on any atom is -0.444 e. The van der Waals surface area contributed by atoms with E-state index in [-0.39, 0.29) is 25.8 Å². The van der Waals surface area contributed by atoms with Crippen LogP contribution in [0.15, 0.2) is 36.4 Å². The van der Waals surface area contributed by atoms with Crippen molar-refractivity contribution in [3.8, 4) is 0 Å². The fraction of sp³-hybridized carbons (Fsp3) is 0.618. The molecular weight excluding hydrogens is 668 g/mol. The van der Waals surface area contributed by atoms with Crippen LogP contribution in [0.5, 0.6) is 0 Å². The molecule has 0 bridgehead atoms. The quantitative estimate of drug-likeness (QED) is 0.385. The van der Waals surface area contributed by atoms with Crippen LogP contribution in [-0.2, 0) is 47.2 Å². The topological polar surface area (TPSA) is 184 Å². The first kappa shape index (κ1) is 37.1. The van der Waals surface area contributed by atoms with E-state index in [2.05, 4.69) is 15.4 Å². The van der Waals surface area contributed by atoms with Crippen LogP contribution >= 0.6 is 0 Å². The maximum absolute atomic E-state index is 14.3. The number of alkyl carbamates (subject to hydrolysis) is 1. The van der Waals surface area contributed by atoms with Crippen LogP contribution in [0.3, 0.4) is 0 Å². The van der Waals surface area contributed by atoms with Gasteiger partial charge >= 0.3 is 22.4 Å². The zero-order valence-electron chi connectivity index (χ0n) is 29.3. The summed E-state index contributed by atoms with van der Waals surface area (Å²) in [5.41, 5.74) is -0.390. The summed E-state index contributed by atoms with van der Waals surface area (Å²) in [4.78, 5) is 70.9. The van der Waals surface area contributed by atoms with Gasteiger partial charge in [0.05, 0.1) is 6.54 Å². The van der Waals surface area contributed by atoms with Crippen LogP contribution in [-0.4, -0.2) is 102 Å². The number of amides is 5. The van der Waals surface area contributed by atoms with Gasteiger partial charge in [0.1, 0.15) is 29.3 Å². The minimum atomic E-state index is -4.17. The number of rotatable bonds is 5. The van der Waals surface area contributed by atoms with Gasteiger partial charge < -0.3 is 25.0 Å². The lowest BCUT2D eigenvalue weighted by Crippen LogP contribution is -2.58. The maximum atomic E-state index is 14.3. The van der Waals surface area contributed by atoms with E-state index in [1.54, 1.807) is 25.7 Å². The zero-order chi connectivity index (χ0) is 36.4. The predicted octanol–water partition coefficient (Wildman–Crippen LogP) is 2.32. The molecule has 3 aliphatic heterocycles. The van der Waals surface area contributed by atoms with Gasteiger partial charge in [-0.2, -0.15) is 12.7 Å². The minimum absolute atomic E-state index is 0.0720. The third kappa shape index (κ3) is 8.57. The van der Waals surface area contributed by atoms with E-state index in [1.807, 2.05) is 36.4 Å². The van der Waals surface area contributed by atoms with E-state index < -0.39 is 75.4 Å². The third-order valence-corrected chi connectivity index (χ3v) is 10.8. The molecule has 5 amide bonds. The van der Waals surface area contributed by atoms with Crippen LogP contribution in [0, 0.1) is 5.92 Å². The molecule has 5 rings (SSSR count). The predicted molar refractivity (Wildman–Crippen MR) is 181 cm³/mol. The van der Waals surface area contributed by atoms with Crippen LogP contribution in [0.1, 0.15) is 76.8 Å². The van der Waals surface area contributed by atoms with Gasteiger partial charge in [0.15, 0.2) is 0 Å². The largest absolute Gasteiger partial charge is 0.444 e. The normalized spacial score (nSPS) is 27.2. The van der Waals surface area contributed by atoms with Crippen molar-refractivity contribution in [2.24, 2.45) is 5.92 Å². The molecule has 0 unspecified atom stereocenters. The number of ether oxygens (including phenoxy) is 2. The molecule has 16 heteroatoms. The first-order valence-corrected chi connectivity index (χ1v) is 18.5. The number of nitrogens with zero attached hydrogens (tertiary/aromatic N) is 3. The Bertz CT molecular complexity index is 1620. The highest BCUT2D eigenvalue weighted by molar-refractivity contribution is 7.87. The number of carbonyl (C=O) groups is 5. The standard InChI is InChI=1S/C34H48N6O9S/c1-33(2,3)49-31(44)35-26-16-10-8-6-7-9-15-24-18-34(24,30(43)37-50(46,47)38(4)5)36-28(41)27-17-25(21-40(27)29(26)42)48-32(45)39-19-22-13-11-12-14-23(22)20-39/h9,11-15,24-27H,6-8,10,16-21H2,1-5H3,(H,35,44)(H,36,41)(H,37,43)/t24-,25-,26-,27+,34-/m1/s1. The van der Waals surface area contributed by atoms with Crippen molar-refractivity contribution < 1.29 is 41.9 Å². The van der Waals surface area contributed by atoms with Gasteiger partial charge in [-0.05, 0) is 57.6 Å². The molecule has 0 spiro atoms. The highest BCUT2D eigenvalue weighted by Gasteiger charge is 2.62. The summed E-state index contributed by atoms with van der Waals surface area (Å²) in [6, 6.07) is 5.43. The lowest BCUT2D eigenvalue weighted by Gasteiger charge is -2.30. The van der Waals surface area contributed by atoms with Crippen molar-refractivity contribution in [2.45, 2.75) is 108 Å². The molecule has 1 aromatic carbocycles. The summed E-state index contributed by atoms with van der Waals surface area (Å²) in [7, 11) is -1.62.